The molecular weight excluding hydrogens is 300 g/mol. The van der Waals surface area contributed by atoms with Crippen molar-refractivity contribution in [2.24, 2.45) is 0 Å². The number of nitrogens with one attached hydrogen (secondary N) is 1. The van der Waals surface area contributed by atoms with E-state index in [1.807, 2.05) is 0 Å². The molecule has 0 aliphatic heterocycles. The molecule has 0 saturated heterocycles. The molecule has 0 aromatic carbocycles. The molecule has 8 nitrogen and oxygen atoms in total. The molecule has 0 unspecified atom stereocenters. The van der Waals surface area contributed by atoms with Crippen molar-refractivity contribution in [1.82, 2.24) is 14.9 Å². The van der Waals surface area contributed by atoms with Crippen LogP contribution in [0.4, 0.5) is 10.5 Å². The summed E-state index contributed by atoms with van der Waals surface area (Å²) in [7, 11) is 0. The molecule has 3 N–H and O–H groups in total. The average Bonchev–Trinajstić information content (AvgIpc) is 2.86. The fourth-order valence-corrected chi connectivity index (χ4v) is 2.33. The molecule has 8 heteroatoms. The number of pyridine rings is 1. The molecule has 0 atom stereocenters. The maximum atomic E-state index is 12.1. The number of anilines is 1. The number of nitrogens with zero attached hydrogens (tertiary/aromatic N) is 3. The second-order valence-corrected chi connectivity index (χ2v) is 6.04. The molecule has 0 aliphatic rings. The maximum Gasteiger partial charge on any atom is 0.412 e. The maximum absolute atomic E-state index is 12.1. The lowest BCUT2D eigenvalue weighted by Gasteiger charge is -2.33. The molecule has 2 aromatic heterocycles. The predicted octanol–water partition coefficient (Wildman–Crippen LogP) is 1.34. The monoisotopic (exact) mass is 320 g/mol. The van der Waals surface area contributed by atoms with Crippen molar-refractivity contribution < 1.29 is 19.8 Å². The summed E-state index contributed by atoms with van der Waals surface area (Å²) in [6, 6.07) is 3.25. The Kier molecular flexibility index (Phi) is 4.55. The Labute approximate surface area is 133 Å². The quantitative estimate of drug-likeness (QED) is 0.788. The third-order valence-electron chi connectivity index (χ3n) is 3.27. The van der Waals surface area contributed by atoms with Crippen LogP contribution in [-0.2, 0) is 0 Å². The van der Waals surface area contributed by atoms with Gasteiger partial charge in [0.1, 0.15) is 0 Å². The van der Waals surface area contributed by atoms with E-state index in [0.29, 0.717) is 16.8 Å². The molecule has 124 valence electrons. The van der Waals surface area contributed by atoms with Gasteiger partial charge in [0, 0.05) is 18.3 Å². The van der Waals surface area contributed by atoms with Crippen molar-refractivity contribution in [3.05, 3.63) is 30.1 Å². The number of aromatic nitrogens is 2. The normalized spacial score (nSPS) is 11.5. The fraction of sp³-hybridized carbons (Fsp3) is 0.400. The first-order valence-corrected chi connectivity index (χ1v) is 7.15. The summed E-state index contributed by atoms with van der Waals surface area (Å²) in [5, 5.41) is 24.9. The number of hydrogen-bond donors (Lipinski definition) is 3. The van der Waals surface area contributed by atoms with Gasteiger partial charge in [-0.2, -0.15) is 5.10 Å². The Morgan fingerprint density at radius 2 is 2.09 bits per heavy atom. The standard InChI is InChI=1S/C15H20N4O4/c1-15(2,3)19(14(22)23)10-4-6-18-12(8-10)11(9-17-18)13(21)16-5-7-20/h4,6,8-9,20H,5,7H2,1-3H3,(H,16,21)(H,22,23). The first-order chi connectivity index (χ1) is 10.8. The molecule has 0 spiro atoms. The van der Waals surface area contributed by atoms with E-state index in [4.69, 9.17) is 5.11 Å². The largest absolute Gasteiger partial charge is 0.465 e. The van der Waals surface area contributed by atoms with Crippen LogP contribution in [0.15, 0.2) is 24.5 Å². The Bertz CT molecular complexity index is 733. The van der Waals surface area contributed by atoms with Gasteiger partial charge in [-0.3, -0.25) is 9.69 Å². The van der Waals surface area contributed by atoms with Crippen LogP contribution in [-0.4, -0.2) is 50.5 Å². The predicted molar refractivity (Wildman–Crippen MR) is 84.9 cm³/mol. The van der Waals surface area contributed by atoms with Gasteiger partial charge in [0.05, 0.1) is 29.6 Å². The van der Waals surface area contributed by atoms with Crippen molar-refractivity contribution in [3.8, 4) is 0 Å². The minimum Gasteiger partial charge on any atom is -0.465 e. The van der Waals surface area contributed by atoms with Crippen LogP contribution in [0.1, 0.15) is 31.1 Å². The number of aliphatic hydroxyl groups is 1. The summed E-state index contributed by atoms with van der Waals surface area (Å²) in [4.78, 5) is 24.9. The second kappa shape index (κ2) is 6.25. The minimum atomic E-state index is -1.08. The number of aliphatic hydroxyl groups excluding tert-OH is 1. The van der Waals surface area contributed by atoms with Crippen LogP contribution in [0.2, 0.25) is 0 Å². The van der Waals surface area contributed by atoms with Crippen molar-refractivity contribution in [2.45, 2.75) is 26.3 Å². The van der Waals surface area contributed by atoms with E-state index < -0.39 is 11.6 Å². The van der Waals surface area contributed by atoms with Crippen LogP contribution in [0.25, 0.3) is 5.52 Å². The highest BCUT2D eigenvalue weighted by Gasteiger charge is 2.28. The number of hydrogen-bond acceptors (Lipinski definition) is 4. The van der Waals surface area contributed by atoms with Crippen LogP contribution < -0.4 is 10.2 Å². The van der Waals surface area contributed by atoms with E-state index in [1.165, 1.54) is 15.6 Å². The lowest BCUT2D eigenvalue weighted by molar-refractivity contribution is 0.0946. The Hall–Kier alpha value is -2.61. The van der Waals surface area contributed by atoms with Gasteiger partial charge in [-0.25, -0.2) is 9.31 Å². The summed E-state index contributed by atoms with van der Waals surface area (Å²) >= 11 is 0. The molecule has 23 heavy (non-hydrogen) atoms. The molecule has 0 aliphatic carbocycles. The number of rotatable bonds is 4. The van der Waals surface area contributed by atoms with Gasteiger partial charge in [0.15, 0.2) is 0 Å². The third-order valence-corrected chi connectivity index (χ3v) is 3.27. The van der Waals surface area contributed by atoms with E-state index >= 15 is 0 Å². The van der Waals surface area contributed by atoms with Crippen LogP contribution in [0.3, 0.4) is 0 Å². The van der Waals surface area contributed by atoms with E-state index in [0.717, 1.165) is 0 Å². The van der Waals surface area contributed by atoms with E-state index in [-0.39, 0.29) is 19.1 Å². The molecule has 0 saturated carbocycles. The molecular formula is C15H20N4O4. The van der Waals surface area contributed by atoms with Crippen molar-refractivity contribution in [3.63, 3.8) is 0 Å². The smallest absolute Gasteiger partial charge is 0.412 e. The highest BCUT2D eigenvalue weighted by Crippen LogP contribution is 2.26. The molecule has 2 aromatic rings. The lowest BCUT2D eigenvalue weighted by atomic mass is 10.1. The molecule has 0 bridgehead atoms. The number of amides is 2. The summed E-state index contributed by atoms with van der Waals surface area (Å²) in [5.74, 6) is -0.371. The van der Waals surface area contributed by atoms with E-state index in [1.54, 1.807) is 39.1 Å². The second-order valence-electron chi connectivity index (χ2n) is 6.04. The number of carbonyl (C=O) groups is 2. The zero-order valence-electron chi connectivity index (χ0n) is 13.3. The van der Waals surface area contributed by atoms with Gasteiger partial charge in [-0.1, -0.05) is 0 Å². The summed E-state index contributed by atoms with van der Waals surface area (Å²) in [5.41, 5.74) is 0.631. The zero-order valence-corrected chi connectivity index (χ0v) is 13.3. The molecule has 2 rings (SSSR count). The van der Waals surface area contributed by atoms with Gasteiger partial charge >= 0.3 is 6.09 Å². The lowest BCUT2D eigenvalue weighted by Crippen LogP contribution is -2.45. The van der Waals surface area contributed by atoms with Gasteiger partial charge in [-0.05, 0) is 32.9 Å². The highest BCUT2D eigenvalue weighted by atomic mass is 16.4. The number of fused-ring (bicyclic) bond motifs is 1. The summed E-state index contributed by atoms with van der Waals surface area (Å²) in [6.07, 6.45) is 1.94. The zero-order chi connectivity index (χ0) is 17.2. The third kappa shape index (κ3) is 3.42. The summed E-state index contributed by atoms with van der Waals surface area (Å²) in [6.45, 7) is 5.34. The van der Waals surface area contributed by atoms with E-state index in [2.05, 4.69) is 10.4 Å². The Balaban J connectivity index is 2.48. The average molecular weight is 320 g/mol. The van der Waals surface area contributed by atoms with Crippen molar-refractivity contribution in [1.29, 1.82) is 0 Å². The number of carboxylic acid groups (broad SMARTS) is 1. The Morgan fingerprint density at radius 3 is 2.65 bits per heavy atom. The SMILES string of the molecule is CC(C)(C)N(C(=O)O)c1ccn2ncc(C(=O)NCCO)c2c1. The van der Waals surface area contributed by atoms with Gasteiger partial charge in [0.2, 0.25) is 0 Å². The molecule has 0 fully saturated rings. The van der Waals surface area contributed by atoms with E-state index in [9.17, 15) is 14.7 Å². The summed E-state index contributed by atoms with van der Waals surface area (Å²) < 4.78 is 1.50. The minimum absolute atomic E-state index is 0.138. The van der Waals surface area contributed by atoms with Crippen molar-refractivity contribution in [2.75, 3.05) is 18.1 Å². The van der Waals surface area contributed by atoms with Crippen LogP contribution in [0.5, 0.6) is 0 Å². The fourth-order valence-electron chi connectivity index (χ4n) is 2.33. The van der Waals surface area contributed by atoms with Crippen LogP contribution >= 0.6 is 0 Å². The van der Waals surface area contributed by atoms with Gasteiger partial charge in [0.25, 0.3) is 5.91 Å². The highest BCUT2D eigenvalue weighted by molar-refractivity contribution is 6.01. The molecule has 2 heterocycles. The van der Waals surface area contributed by atoms with Gasteiger partial charge in [-0.15, -0.1) is 0 Å². The number of carbonyl (C=O) groups excluding carboxylic acids is 1. The van der Waals surface area contributed by atoms with Gasteiger partial charge < -0.3 is 15.5 Å². The molecule has 2 amide bonds. The molecule has 0 radical (unpaired) electrons. The topological polar surface area (TPSA) is 107 Å². The van der Waals surface area contributed by atoms with Crippen LogP contribution in [0, 0.1) is 0 Å². The Morgan fingerprint density at radius 1 is 1.39 bits per heavy atom. The first-order valence-electron chi connectivity index (χ1n) is 7.15. The first kappa shape index (κ1) is 16.8. The van der Waals surface area contributed by atoms with Crippen molar-refractivity contribution >= 4 is 23.2 Å².